The second kappa shape index (κ2) is 5.70. The van der Waals surface area contributed by atoms with Crippen LogP contribution in [0, 0.1) is 5.82 Å². The van der Waals surface area contributed by atoms with Gasteiger partial charge in [0.05, 0.1) is 14.2 Å². The Labute approximate surface area is 98.1 Å². The Balaban J connectivity index is 3.21. The molecule has 0 heterocycles. The van der Waals surface area contributed by atoms with Gasteiger partial charge in [0.25, 0.3) is 0 Å². The molecule has 5 heteroatoms. The standard InChI is InChI=1S/C11H12ClFO3/c1-15-8-6-7(4-3-5-14)10(13)9(12)11(8)16-2/h5-6H,3-4H2,1-2H3. The van der Waals surface area contributed by atoms with Crippen molar-refractivity contribution in [2.45, 2.75) is 12.8 Å². The predicted octanol–water partition coefficient (Wildman–Crippen LogP) is 2.63. The zero-order chi connectivity index (χ0) is 12.1. The summed E-state index contributed by atoms with van der Waals surface area (Å²) in [6.07, 6.45) is 1.25. The lowest BCUT2D eigenvalue weighted by atomic mass is 10.1. The molecule has 0 unspecified atom stereocenters. The van der Waals surface area contributed by atoms with Crippen LogP contribution in [0.4, 0.5) is 4.39 Å². The van der Waals surface area contributed by atoms with Crippen molar-refractivity contribution in [3.63, 3.8) is 0 Å². The Kier molecular flexibility index (Phi) is 4.55. The van der Waals surface area contributed by atoms with Crippen LogP contribution in [0.15, 0.2) is 6.07 Å². The van der Waals surface area contributed by atoms with Gasteiger partial charge in [0.1, 0.15) is 17.1 Å². The molecule has 1 aromatic rings. The molecule has 0 spiro atoms. The Morgan fingerprint density at radius 3 is 2.62 bits per heavy atom. The van der Waals surface area contributed by atoms with Crippen molar-refractivity contribution in [1.29, 1.82) is 0 Å². The number of aldehydes is 1. The molecule has 0 aliphatic carbocycles. The van der Waals surface area contributed by atoms with Crippen molar-refractivity contribution in [1.82, 2.24) is 0 Å². The van der Waals surface area contributed by atoms with Gasteiger partial charge in [-0.05, 0) is 18.1 Å². The first kappa shape index (κ1) is 12.8. The van der Waals surface area contributed by atoms with Crippen molar-refractivity contribution in [2.24, 2.45) is 0 Å². The van der Waals surface area contributed by atoms with Gasteiger partial charge in [-0.3, -0.25) is 0 Å². The fraction of sp³-hybridized carbons (Fsp3) is 0.364. The zero-order valence-corrected chi connectivity index (χ0v) is 9.81. The Hall–Kier alpha value is -1.29. The highest BCUT2D eigenvalue weighted by Crippen LogP contribution is 2.38. The van der Waals surface area contributed by atoms with Gasteiger partial charge in [0.15, 0.2) is 11.5 Å². The van der Waals surface area contributed by atoms with Gasteiger partial charge < -0.3 is 14.3 Å². The molecule has 0 amide bonds. The molecule has 0 aromatic heterocycles. The van der Waals surface area contributed by atoms with E-state index in [1.165, 1.54) is 20.3 Å². The van der Waals surface area contributed by atoms with E-state index < -0.39 is 5.82 Å². The minimum absolute atomic E-state index is 0.122. The molecule has 3 nitrogen and oxygen atoms in total. The third-order valence-electron chi connectivity index (χ3n) is 2.16. The highest BCUT2D eigenvalue weighted by atomic mass is 35.5. The van der Waals surface area contributed by atoms with Crippen LogP contribution in [0.5, 0.6) is 11.5 Å². The van der Waals surface area contributed by atoms with Gasteiger partial charge >= 0.3 is 0 Å². The van der Waals surface area contributed by atoms with Gasteiger partial charge in [-0.2, -0.15) is 0 Å². The molecule has 1 rings (SSSR count). The highest BCUT2D eigenvalue weighted by Gasteiger charge is 2.17. The number of rotatable bonds is 5. The molecular weight excluding hydrogens is 235 g/mol. The van der Waals surface area contributed by atoms with Crippen LogP contribution < -0.4 is 9.47 Å². The fourth-order valence-electron chi connectivity index (χ4n) is 1.37. The van der Waals surface area contributed by atoms with Crippen LogP contribution in [0.25, 0.3) is 0 Å². The van der Waals surface area contributed by atoms with E-state index in [9.17, 15) is 9.18 Å². The summed E-state index contributed by atoms with van der Waals surface area (Å²) >= 11 is 5.79. The normalized spacial score (nSPS) is 10.0. The number of carbonyl (C=O) groups excluding carboxylic acids is 1. The zero-order valence-electron chi connectivity index (χ0n) is 9.05. The van der Waals surface area contributed by atoms with Crippen molar-refractivity contribution in [3.05, 3.63) is 22.5 Å². The summed E-state index contributed by atoms with van der Waals surface area (Å²) in [5.74, 6) is -0.0486. The minimum atomic E-state index is -0.568. The van der Waals surface area contributed by atoms with E-state index in [0.717, 1.165) is 6.29 Å². The summed E-state index contributed by atoms with van der Waals surface area (Å²) < 4.78 is 23.7. The number of methoxy groups -OCH3 is 2. The Bertz CT molecular complexity index is 393. The van der Waals surface area contributed by atoms with E-state index >= 15 is 0 Å². The quantitative estimate of drug-likeness (QED) is 0.750. The first-order chi connectivity index (χ1) is 7.65. The van der Waals surface area contributed by atoms with Gasteiger partial charge in [0, 0.05) is 6.42 Å². The highest BCUT2D eigenvalue weighted by molar-refractivity contribution is 6.32. The maximum atomic E-state index is 13.7. The molecule has 0 atom stereocenters. The van der Waals surface area contributed by atoms with Gasteiger partial charge in [-0.1, -0.05) is 11.6 Å². The largest absolute Gasteiger partial charge is 0.493 e. The average Bonchev–Trinajstić information content (AvgIpc) is 2.30. The maximum Gasteiger partial charge on any atom is 0.182 e. The van der Waals surface area contributed by atoms with Gasteiger partial charge in [-0.25, -0.2) is 4.39 Å². The molecule has 88 valence electrons. The van der Waals surface area contributed by atoms with Crippen molar-refractivity contribution >= 4 is 17.9 Å². The molecule has 0 aliphatic rings. The lowest BCUT2D eigenvalue weighted by molar-refractivity contribution is -0.107. The molecule has 0 saturated heterocycles. The second-order valence-electron chi connectivity index (χ2n) is 3.10. The van der Waals surface area contributed by atoms with E-state index in [1.54, 1.807) is 0 Å². The Morgan fingerprint density at radius 2 is 2.12 bits per heavy atom. The lowest BCUT2D eigenvalue weighted by Crippen LogP contribution is -1.99. The first-order valence-electron chi connectivity index (χ1n) is 4.68. The lowest BCUT2D eigenvalue weighted by Gasteiger charge is -2.12. The molecule has 0 fully saturated rings. The summed E-state index contributed by atoms with van der Waals surface area (Å²) in [7, 11) is 2.82. The third kappa shape index (κ3) is 2.44. The van der Waals surface area contributed by atoms with E-state index in [1.807, 2.05) is 0 Å². The first-order valence-corrected chi connectivity index (χ1v) is 5.06. The monoisotopic (exact) mass is 246 g/mol. The van der Waals surface area contributed by atoms with Crippen molar-refractivity contribution < 1.29 is 18.7 Å². The minimum Gasteiger partial charge on any atom is -0.493 e. The molecule has 1 aromatic carbocycles. The Morgan fingerprint density at radius 1 is 1.44 bits per heavy atom. The van der Waals surface area contributed by atoms with Gasteiger partial charge in [0.2, 0.25) is 0 Å². The molecule has 0 saturated carbocycles. The number of carbonyl (C=O) groups is 1. The third-order valence-corrected chi connectivity index (χ3v) is 2.50. The van der Waals surface area contributed by atoms with E-state index in [4.69, 9.17) is 21.1 Å². The smallest absolute Gasteiger partial charge is 0.182 e. The topological polar surface area (TPSA) is 35.5 Å². The van der Waals surface area contributed by atoms with E-state index in [-0.39, 0.29) is 23.6 Å². The number of ether oxygens (including phenoxy) is 2. The van der Waals surface area contributed by atoms with Crippen molar-refractivity contribution in [2.75, 3.05) is 14.2 Å². The van der Waals surface area contributed by atoms with Gasteiger partial charge in [-0.15, -0.1) is 0 Å². The summed E-state index contributed by atoms with van der Waals surface area (Å²) in [5, 5.41) is -0.122. The summed E-state index contributed by atoms with van der Waals surface area (Å²) in [5.41, 5.74) is 0.342. The number of halogens is 2. The SMILES string of the molecule is COc1cc(CCC=O)c(F)c(Cl)c1OC. The van der Waals surface area contributed by atoms with Crippen LogP contribution in [-0.2, 0) is 11.2 Å². The number of hydrogen-bond donors (Lipinski definition) is 0. The summed E-state index contributed by atoms with van der Waals surface area (Å²) in [6, 6.07) is 1.49. The molecular formula is C11H12ClFO3. The molecule has 0 radical (unpaired) electrons. The number of benzene rings is 1. The maximum absolute atomic E-state index is 13.7. The van der Waals surface area contributed by atoms with Crippen LogP contribution in [0.3, 0.4) is 0 Å². The number of hydrogen-bond acceptors (Lipinski definition) is 3. The van der Waals surface area contributed by atoms with Crippen LogP contribution in [-0.4, -0.2) is 20.5 Å². The molecule has 0 N–H and O–H groups in total. The van der Waals surface area contributed by atoms with E-state index in [0.29, 0.717) is 11.3 Å². The average molecular weight is 247 g/mol. The van der Waals surface area contributed by atoms with Crippen LogP contribution in [0.1, 0.15) is 12.0 Å². The number of aryl methyl sites for hydroxylation is 1. The fourth-order valence-corrected chi connectivity index (χ4v) is 1.67. The molecule has 0 bridgehead atoms. The predicted molar refractivity (Wildman–Crippen MR) is 58.9 cm³/mol. The molecule has 0 aliphatic heterocycles. The molecule has 16 heavy (non-hydrogen) atoms. The summed E-state index contributed by atoms with van der Waals surface area (Å²) in [4.78, 5) is 10.2. The second-order valence-corrected chi connectivity index (χ2v) is 3.48. The van der Waals surface area contributed by atoms with E-state index in [2.05, 4.69) is 0 Å². The van der Waals surface area contributed by atoms with Crippen LogP contribution >= 0.6 is 11.6 Å². The van der Waals surface area contributed by atoms with Crippen LogP contribution in [0.2, 0.25) is 5.02 Å². The van der Waals surface area contributed by atoms with Crippen molar-refractivity contribution in [3.8, 4) is 11.5 Å². The summed E-state index contributed by atoms with van der Waals surface area (Å²) in [6.45, 7) is 0.